The summed E-state index contributed by atoms with van der Waals surface area (Å²) in [6, 6.07) is 4.78. The van der Waals surface area contributed by atoms with Crippen LogP contribution in [0.5, 0.6) is 5.75 Å². The number of Topliss-reactive ketones (excluding diaryl/α,β-unsaturated/α-hetero) is 1. The van der Waals surface area contributed by atoms with Crippen molar-refractivity contribution >= 4 is 34.8 Å². The van der Waals surface area contributed by atoms with E-state index in [1.807, 2.05) is 0 Å². The first-order valence-corrected chi connectivity index (χ1v) is 6.31. The van der Waals surface area contributed by atoms with Crippen LogP contribution >= 0.6 is 11.6 Å². The fraction of sp³-hybridized carbons (Fsp3) is 0.308. The Kier molecular flexibility index (Phi) is 5.99. The molecule has 20 heavy (non-hydrogen) atoms. The van der Waals surface area contributed by atoms with Gasteiger partial charge in [0.25, 0.3) is 0 Å². The molecule has 1 aromatic rings. The van der Waals surface area contributed by atoms with E-state index in [1.54, 1.807) is 25.1 Å². The summed E-state index contributed by atoms with van der Waals surface area (Å²) in [5.41, 5.74) is 2.29. The number of nitrogens with zero attached hydrogens (tertiary/aromatic N) is 1. The Bertz CT molecular complexity index is 543. The third-order valence-corrected chi connectivity index (χ3v) is 2.74. The summed E-state index contributed by atoms with van der Waals surface area (Å²) in [5.74, 6) is -1.38. The summed E-state index contributed by atoms with van der Waals surface area (Å²) < 4.78 is 5.02. The van der Waals surface area contributed by atoms with Crippen LogP contribution in [0.25, 0.3) is 0 Å². The molecule has 6 nitrogen and oxygen atoms in total. The second kappa shape index (κ2) is 7.49. The fourth-order valence-electron chi connectivity index (χ4n) is 1.41. The van der Waals surface area contributed by atoms with Crippen LogP contribution in [0.1, 0.15) is 19.8 Å². The van der Waals surface area contributed by atoms with Gasteiger partial charge in [-0.25, -0.2) is 4.79 Å². The maximum Gasteiger partial charge on any atom is 0.360 e. The van der Waals surface area contributed by atoms with Crippen molar-refractivity contribution in [2.24, 2.45) is 5.10 Å². The number of benzene rings is 1. The van der Waals surface area contributed by atoms with Gasteiger partial charge in [-0.15, -0.1) is 0 Å². The number of anilines is 1. The predicted molar refractivity (Wildman–Crippen MR) is 76.6 cm³/mol. The van der Waals surface area contributed by atoms with E-state index < -0.39 is 17.5 Å². The van der Waals surface area contributed by atoms with Crippen LogP contribution in [0.2, 0.25) is 5.02 Å². The quantitative estimate of drug-likeness (QED) is 0.459. The first-order valence-electron chi connectivity index (χ1n) is 5.93. The highest BCUT2D eigenvalue weighted by Gasteiger charge is 2.18. The number of halogens is 1. The minimum absolute atomic E-state index is 0.124. The van der Waals surface area contributed by atoms with Crippen molar-refractivity contribution in [1.29, 1.82) is 0 Å². The lowest BCUT2D eigenvalue weighted by Gasteiger charge is -2.07. The number of hydrogen-bond donors (Lipinski definition) is 2. The molecule has 0 saturated heterocycles. The maximum atomic E-state index is 11.6. The number of hydrogen-bond acceptors (Lipinski definition) is 5. The lowest BCUT2D eigenvalue weighted by molar-refractivity contribution is -0.130. The van der Waals surface area contributed by atoms with E-state index in [1.165, 1.54) is 7.11 Å². The molecule has 0 bridgehead atoms. The molecule has 0 atom stereocenters. The number of hydrazone groups is 1. The maximum absolute atomic E-state index is 11.6. The van der Waals surface area contributed by atoms with E-state index in [0.29, 0.717) is 22.9 Å². The van der Waals surface area contributed by atoms with Crippen molar-refractivity contribution in [2.75, 3.05) is 12.5 Å². The highest BCUT2D eigenvalue weighted by atomic mass is 35.5. The first kappa shape index (κ1) is 16.0. The molecule has 0 aliphatic carbocycles. The number of rotatable bonds is 7. The van der Waals surface area contributed by atoms with Crippen LogP contribution in [0.4, 0.5) is 5.69 Å². The Morgan fingerprint density at radius 3 is 2.70 bits per heavy atom. The Morgan fingerprint density at radius 2 is 2.15 bits per heavy atom. The van der Waals surface area contributed by atoms with Crippen LogP contribution in [-0.2, 0) is 9.59 Å². The van der Waals surface area contributed by atoms with Crippen molar-refractivity contribution in [3.05, 3.63) is 23.2 Å². The van der Waals surface area contributed by atoms with Gasteiger partial charge in [0.05, 0.1) is 17.8 Å². The standard InChI is InChI=1S/C13H15ClN2O4/c1-3-4-11(17)12(13(18)19)16-15-10-7-8(20-2)5-6-9(10)14/h5-7,15H,3-4H2,1-2H3,(H,18,19). The van der Waals surface area contributed by atoms with Crippen molar-refractivity contribution in [1.82, 2.24) is 0 Å². The number of carboxylic acid groups (broad SMARTS) is 1. The van der Waals surface area contributed by atoms with Crippen LogP contribution in [-0.4, -0.2) is 29.7 Å². The number of aliphatic carboxylic acids is 1. The number of carbonyl (C=O) groups excluding carboxylic acids is 1. The predicted octanol–water partition coefficient (Wildman–Crippen LogP) is 2.57. The van der Waals surface area contributed by atoms with Gasteiger partial charge in [0.15, 0.2) is 5.78 Å². The molecule has 108 valence electrons. The average molecular weight is 299 g/mol. The number of carboxylic acids is 1. The summed E-state index contributed by atoms with van der Waals surface area (Å²) >= 11 is 5.94. The summed E-state index contributed by atoms with van der Waals surface area (Å²) in [6.07, 6.45) is 0.670. The number of ketones is 1. The zero-order chi connectivity index (χ0) is 15.1. The lowest BCUT2D eigenvalue weighted by Crippen LogP contribution is -2.24. The molecular formula is C13H15ClN2O4. The van der Waals surface area contributed by atoms with Crippen LogP contribution in [0, 0.1) is 0 Å². The Balaban J connectivity index is 2.98. The fourth-order valence-corrected chi connectivity index (χ4v) is 1.57. The van der Waals surface area contributed by atoms with Crippen LogP contribution in [0.15, 0.2) is 23.3 Å². The molecule has 0 saturated carbocycles. The van der Waals surface area contributed by atoms with Crippen molar-refractivity contribution in [3.8, 4) is 5.75 Å². The smallest absolute Gasteiger partial charge is 0.360 e. The van der Waals surface area contributed by atoms with Gasteiger partial charge in [-0.05, 0) is 18.6 Å². The molecule has 0 fully saturated rings. The van der Waals surface area contributed by atoms with Gasteiger partial charge >= 0.3 is 5.97 Å². The van der Waals surface area contributed by atoms with Gasteiger partial charge in [-0.2, -0.15) is 5.10 Å². The molecule has 1 rings (SSSR count). The number of carbonyl (C=O) groups is 2. The molecule has 0 spiro atoms. The van der Waals surface area contributed by atoms with Crippen molar-refractivity contribution in [3.63, 3.8) is 0 Å². The Labute approximate surface area is 121 Å². The topological polar surface area (TPSA) is 88.0 Å². The SMILES string of the molecule is CCCC(=O)C(=NNc1cc(OC)ccc1Cl)C(=O)O. The molecule has 0 aliphatic rings. The van der Waals surface area contributed by atoms with Crippen LogP contribution in [0.3, 0.4) is 0 Å². The number of ether oxygens (including phenoxy) is 1. The van der Waals surface area contributed by atoms with Gasteiger partial charge in [-0.3, -0.25) is 10.2 Å². The monoisotopic (exact) mass is 298 g/mol. The highest BCUT2D eigenvalue weighted by molar-refractivity contribution is 6.64. The largest absolute Gasteiger partial charge is 0.497 e. The zero-order valence-electron chi connectivity index (χ0n) is 11.1. The van der Waals surface area contributed by atoms with Gasteiger partial charge in [-0.1, -0.05) is 18.5 Å². The van der Waals surface area contributed by atoms with E-state index >= 15 is 0 Å². The lowest BCUT2D eigenvalue weighted by atomic mass is 10.1. The summed E-state index contributed by atoms with van der Waals surface area (Å²) in [5, 5.41) is 12.9. The number of methoxy groups -OCH3 is 1. The molecule has 1 aromatic carbocycles. The zero-order valence-corrected chi connectivity index (χ0v) is 11.9. The van der Waals surface area contributed by atoms with Crippen molar-refractivity contribution in [2.45, 2.75) is 19.8 Å². The second-order valence-electron chi connectivity index (χ2n) is 3.90. The highest BCUT2D eigenvalue weighted by Crippen LogP contribution is 2.26. The molecule has 7 heteroatoms. The molecule has 0 aromatic heterocycles. The van der Waals surface area contributed by atoms with E-state index in [-0.39, 0.29) is 6.42 Å². The summed E-state index contributed by atoms with van der Waals surface area (Å²) in [6.45, 7) is 1.78. The minimum Gasteiger partial charge on any atom is -0.497 e. The third-order valence-electron chi connectivity index (χ3n) is 2.41. The van der Waals surface area contributed by atoms with Gasteiger partial charge in [0.1, 0.15) is 5.75 Å². The van der Waals surface area contributed by atoms with E-state index in [0.717, 1.165) is 0 Å². The third kappa shape index (κ3) is 4.24. The summed E-state index contributed by atoms with van der Waals surface area (Å²) in [4.78, 5) is 22.6. The van der Waals surface area contributed by atoms with Crippen LogP contribution < -0.4 is 10.2 Å². The van der Waals surface area contributed by atoms with E-state index in [2.05, 4.69) is 10.5 Å². The molecule has 0 amide bonds. The normalized spacial score (nSPS) is 11.1. The summed E-state index contributed by atoms with van der Waals surface area (Å²) in [7, 11) is 1.49. The molecule has 0 radical (unpaired) electrons. The second-order valence-corrected chi connectivity index (χ2v) is 4.30. The van der Waals surface area contributed by atoms with E-state index in [9.17, 15) is 9.59 Å². The Hall–Kier alpha value is -2.08. The Morgan fingerprint density at radius 1 is 1.45 bits per heavy atom. The molecule has 0 unspecified atom stereocenters. The van der Waals surface area contributed by atoms with E-state index in [4.69, 9.17) is 21.4 Å². The molecule has 0 heterocycles. The average Bonchev–Trinajstić information content (AvgIpc) is 2.41. The molecule has 0 aliphatic heterocycles. The minimum atomic E-state index is -1.38. The van der Waals surface area contributed by atoms with Gasteiger partial charge in [0.2, 0.25) is 5.71 Å². The van der Waals surface area contributed by atoms with Gasteiger partial charge < -0.3 is 9.84 Å². The molecular weight excluding hydrogens is 284 g/mol. The first-order chi connectivity index (χ1) is 9.49. The van der Waals surface area contributed by atoms with Gasteiger partial charge in [0, 0.05) is 12.5 Å². The number of nitrogens with one attached hydrogen (secondary N) is 1. The van der Waals surface area contributed by atoms with Crippen molar-refractivity contribution < 1.29 is 19.4 Å². The molecule has 2 N–H and O–H groups in total.